The van der Waals surface area contributed by atoms with Gasteiger partial charge in [-0.2, -0.15) is 0 Å². The second-order valence-corrected chi connectivity index (χ2v) is 6.20. The number of hydrogen-bond donors (Lipinski definition) is 1. The topological polar surface area (TPSA) is 63.6 Å². The Morgan fingerprint density at radius 1 is 1.35 bits per heavy atom. The molecule has 5 heteroatoms. The minimum absolute atomic E-state index is 0.0243. The molecule has 4 nitrogen and oxygen atoms in total. The molecule has 0 heterocycles. The van der Waals surface area contributed by atoms with E-state index in [-0.39, 0.29) is 12.4 Å². The van der Waals surface area contributed by atoms with E-state index in [1.165, 1.54) is 6.26 Å². The van der Waals surface area contributed by atoms with E-state index < -0.39 is 15.9 Å². The van der Waals surface area contributed by atoms with Gasteiger partial charge in [-0.25, -0.2) is 8.42 Å². The first-order valence-corrected chi connectivity index (χ1v) is 7.57. The van der Waals surface area contributed by atoms with Crippen LogP contribution >= 0.6 is 0 Å². The number of hydrogen-bond acceptors (Lipinski definition) is 4. The zero-order valence-electron chi connectivity index (χ0n) is 10.1. The molecule has 1 N–H and O–H groups in total. The first-order chi connectivity index (χ1) is 7.94. The van der Waals surface area contributed by atoms with Crippen LogP contribution in [-0.2, 0) is 9.84 Å². The maximum Gasteiger partial charge on any atom is 0.150 e. The summed E-state index contributed by atoms with van der Waals surface area (Å²) >= 11 is 0. The Balaban J connectivity index is 2.70. The summed E-state index contributed by atoms with van der Waals surface area (Å²) in [6.07, 6.45) is 1.18. The molecule has 0 aliphatic carbocycles. The Kier molecular flexibility index (Phi) is 4.96. The molecule has 0 aromatic heterocycles. The Morgan fingerprint density at radius 3 is 2.59 bits per heavy atom. The van der Waals surface area contributed by atoms with Crippen molar-refractivity contribution in [2.75, 3.05) is 18.6 Å². The van der Waals surface area contributed by atoms with Crippen molar-refractivity contribution in [2.24, 2.45) is 0 Å². The molecule has 0 saturated heterocycles. The van der Waals surface area contributed by atoms with Gasteiger partial charge in [0.25, 0.3) is 0 Å². The van der Waals surface area contributed by atoms with Crippen LogP contribution in [0.25, 0.3) is 0 Å². The minimum Gasteiger partial charge on any atom is -0.492 e. The highest BCUT2D eigenvalue weighted by Gasteiger charge is 2.11. The van der Waals surface area contributed by atoms with Gasteiger partial charge in [0.05, 0.1) is 11.9 Å². The molecule has 0 radical (unpaired) electrons. The zero-order chi connectivity index (χ0) is 12.9. The van der Waals surface area contributed by atoms with E-state index in [1.54, 1.807) is 18.2 Å². The van der Waals surface area contributed by atoms with Gasteiger partial charge in [-0.1, -0.05) is 25.1 Å². The first kappa shape index (κ1) is 14.0. The summed E-state index contributed by atoms with van der Waals surface area (Å²) in [5.41, 5.74) is 0.698. The number of ether oxygens (including phenoxy) is 1. The lowest BCUT2D eigenvalue weighted by Gasteiger charge is -2.14. The normalized spacial score (nSPS) is 13.4. The van der Waals surface area contributed by atoms with Crippen LogP contribution in [0.15, 0.2) is 24.3 Å². The smallest absolute Gasteiger partial charge is 0.150 e. The maximum absolute atomic E-state index is 11.0. The fraction of sp³-hybridized carbons (Fsp3) is 0.500. The zero-order valence-corrected chi connectivity index (χ0v) is 10.9. The van der Waals surface area contributed by atoms with Gasteiger partial charge in [0.2, 0.25) is 0 Å². The molecule has 1 atom stereocenters. The molecule has 0 fully saturated rings. The lowest BCUT2D eigenvalue weighted by atomic mass is 10.1. The maximum atomic E-state index is 11.0. The highest BCUT2D eigenvalue weighted by molar-refractivity contribution is 7.90. The number of aliphatic hydroxyl groups excluding tert-OH is 1. The third kappa shape index (κ3) is 4.75. The fourth-order valence-electron chi connectivity index (χ4n) is 1.41. The summed E-state index contributed by atoms with van der Waals surface area (Å²) in [4.78, 5) is 0. The van der Waals surface area contributed by atoms with Gasteiger partial charge in [-0.15, -0.1) is 0 Å². The number of para-hydroxylation sites is 1. The van der Waals surface area contributed by atoms with Gasteiger partial charge >= 0.3 is 0 Å². The number of aliphatic hydroxyl groups is 1. The van der Waals surface area contributed by atoms with Crippen LogP contribution in [0, 0.1) is 0 Å². The molecule has 0 spiro atoms. The highest BCUT2D eigenvalue weighted by atomic mass is 32.2. The van der Waals surface area contributed by atoms with Crippen molar-refractivity contribution in [2.45, 2.75) is 19.4 Å². The molecular weight excluding hydrogens is 240 g/mol. The molecule has 17 heavy (non-hydrogen) atoms. The average molecular weight is 258 g/mol. The van der Waals surface area contributed by atoms with Crippen LogP contribution in [0.1, 0.15) is 25.0 Å². The lowest BCUT2D eigenvalue weighted by molar-refractivity contribution is 0.168. The van der Waals surface area contributed by atoms with Crippen molar-refractivity contribution in [1.82, 2.24) is 0 Å². The molecule has 1 rings (SSSR count). The van der Waals surface area contributed by atoms with E-state index in [1.807, 2.05) is 13.0 Å². The monoisotopic (exact) mass is 258 g/mol. The van der Waals surface area contributed by atoms with E-state index in [9.17, 15) is 13.5 Å². The predicted octanol–water partition coefficient (Wildman–Crippen LogP) is 1.55. The molecule has 96 valence electrons. The molecule has 0 amide bonds. The summed E-state index contributed by atoms with van der Waals surface area (Å²) in [6, 6.07) is 7.12. The Bertz CT molecular complexity index is 453. The van der Waals surface area contributed by atoms with Crippen molar-refractivity contribution in [3.05, 3.63) is 29.8 Å². The van der Waals surface area contributed by atoms with Crippen molar-refractivity contribution < 1.29 is 18.3 Å². The van der Waals surface area contributed by atoms with Gasteiger partial charge in [-0.3, -0.25) is 0 Å². The largest absolute Gasteiger partial charge is 0.492 e. The van der Waals surface area contributed by atoms with Crippen molar-refractivity contribution in [1.29, 1.82) is 0 Å². The third-order valence-corrected chi connectivity index (χ3v) is 3.28. The molecule has 0 saturated carbocycles. The SMILES string of the molecule is CC[C@@H](O)c1ccccc1OCCS(C)(=O)=O. The molecule has 0 aliphatic rings. The van der Waals surface area contributed by atoms with E-state index >= 15 is 0 Å². The second-order valence-electron chi connectivity index (χ2n) is 3.94. The fourth-order valence-corrected chi connectivity index (χ4v) is 1.80. The third-order valence-electron chi connectivity index (χ3n) is 2.38. The molecule has 0 unspecified atom stereocenters. The quantitative estimate of drug-likeness (QED) is 0.841. The van der Waals surface area contributed by atoms with Gasteiger partial charge in [0.15, 0.2) is 9.84 Å². The summed E-state index contributed by atoms with van der Waals surface area (Å²) in [5, 5.41) is 9.77. The number of sulfone groups is 1. The van der Waals surface area contributed by atoms with E-state index in [0.29, 0.717) is 17.7 Å². The van der Waals surface area contributed by atoms with Crippen LogP contribution in [0.2, 0.25) is 0 Å². The van der Waals surface area contributed by atoms with Crippen LogP contribution in [0.5, 0.6) is 5.75 Å². The minimum atomic E-state index is -3.02. The molecule has 1 aromatic carbocycles. The van der Waals surface area contributed by atoms with Gasteiger partial charge in [-0.05, 0) is 12.5 Å². The predicted molar refractivity (Wildman–Crippen MR) is 66.9 cm³/mol. The highest BCUT2D eigenvalue weighted by Crippen LogP contribution is 2.26. The van der Waals surface area contributed by atoms with E-state index in [0.717, 1.165) is 0 Å². The summed E-state index contributed by atoms with van der Waals surface area (Å²) in [7, 11) is -3.02. The van der Waals surface area contributed by atoms with Crippen LogP contribution < -0.4 is 4.74 Å². The van der Waals surface area contributed by atoms with Gasteiger partial charge < -0.3 is 9.84 Å². The summed E-state index contributed by atoms with van der Waals surface area (Å²) < 4.78 is 27.3. The Morgan fingerprint density at radius 2 is 2.00 bits per heavy atom. The molecule has 1 aromatic rings. The molecule has 0 bridgehead atoms. The second kappa shape index (κ2) is 6.02. The molecular formula is C12H18O4S. The van der Waals surface area contributed by atoms with Crippen molar-refractivity contribution in [3.63, 3.8) is 0 Å². The lowest BCUT2D eigenvalue weighted by Crippen LogP contribution is -2.13. The van der Waals surface area contributed by atoms with Crippen molar-refractivity contribution >= 4 is 9.84 Å². The van der Waals surface area contributed by atoms with Gasteiger partial charge in [0.1, 0.15) is 12.4 Å². The van der Waals surface area contributed by atoms with E-state index in [4.69, 9.17) is 4.74 Å². The van der Waals surface area contributed by atoms with E-state index in [2.05, 4.69) is 0 Å². The molecule has 0 aliphatic heterocycles. The van der Waals surface area contributed by atoms with Crippen LogP contribution in [0.3, 0.4) is 0 Å². The summed E-state index contributed by atoms with van der Waals surface area (Å²) in [5.74, 6) is 0.523. The Hall–Kier alpha value is -1.07. The average Bonchev–Trinajstić information content (AvgIpc) is 2.27. The number of rotatable bonds is 6. The summed E-state index contributed by atoms with van der Waals surface area (Å²) in [6.45, 7) is 1.98. The van der Waals surface area contributed by atoms with Gasteiger partial charge in [0, 0.05) is 11.8 Å². The van der Waals surface area contributed by atoms with Crippen molar-refractivity contribution in [3.8, 4) is 5.75 Å². The standard InChI is InChI=1S/C12H18O4S/c1-3-11(13)10-6-4-5-7-12(10)16-8-9-17(2,14)15/h4-7,11,13H,3,8-9H2,1-2H3/t11-/m1/s1. The first-order valence-electron chi connectivity index (χ1n) is 5.51. The van der Waals surface area contributed by atoms with Crippen LogP contribution in [-0.4, -0.2) is 32.1 Å². The number of benzene rings is 1. The Labute approximate surface area is 102 Å². The van der Waals surface area contributed by atoms with Crippen LogP contribution in [0.4, 0.5) is 0 Å².